The molecule has 32 heavy (non-hydrogen) atoms. The predicted molar refractivity (Wildman–Crippen MR) is 119 cm³/mol. The van der Waals surface area contributed by atoms with E-state index in [-0.39, 0.29) is 33.4 Å². The number of anilines is 1. The quantitative estimate of drug-likeness (QED) is 0.575. The van der Waals surface area contributed by atoms with E-state index in [1.807, 2.05) is 0 Å². The lowest BCUT2D eigenvalue weighted by atomic mass is 10.2. The molecule has 2 aromatic rings. The smallest absolute Gasteiger partial charge is 0.338 e. The summed E-state index contributed by atoms with van der Waals surface area (Å²) in [6.07, 6.45) is 2.52. The Kier molecular flexibility index (Phi) is 7.42. The van der Waals surface area contributed by atoms with Crippen LogP contribution in [0.2, 0.25) is 0 Å². The normalized spacial score (nSPS) is 15.2. The van der Waals surface area contributed by atoms with Crippen LogP contribution in [-0.2, 0) is 24.8 Å². The average molecular weight is 483 g/mol. The van der Waals surface area contributed by atoms with Crippen molar-refractivity contribution in [2.45, 2.75) is 36.0 Å². The summed E-state index contributed by atoms with van der Waals surface area (Å²) in [5.41, 5.74) is 0.306. The van der Waals surface area contributed by atoms with E-state index >= 15 is 0 Å². The number of hydrogen-bond donors (Lipinski definition) is 1. The highest BCUT2D eigenvalue weighted by molar-refractivity contribution is 7.92. The van der Waals surface area contributed by atoms with E-state index in [1.54, 1.807) is 6.92 Å². The van der Waals surface area contributed by atoms with E-state index in [0.29, 0.717) is 13.1 Å². The van der Waals surface area contributed by atoms with Gasteiger partial charge in [-0.15, -0.1) is 0 Å². The molecule has 1 N–H and O–H groups in total. The van der Waals surface area contributed by atoms with Crippen molar-refractivity contribution >= 4 is 31.7 Å². The second-order valence-corrected chi connectivity index (χ2v) is 10.8. The molecule has 0 radical (unpaired) electrons. The van der Waals surface area contributed by atoms with Gasteiger partial charge in [-0.05, 0) is 62.2 Å². The maximum atomic E-state index is 13.1. The molecule has 1 saturated heterocycles. The molecule has 2 aromatic carbocycles. The summed E-state index contributed by atoms with van der Waals surface area (Å²) in [4.78, 5) is 11.6. The van der Waals surface area contributed by atoms with E-state index in [1.165, 1.54) is 53.9 Å². The number of esters is 1. The van der Waals surface area contributed by atoms with Crippen LogP contribution in [0.15, 0.2) is 52.3 Å². The van der Waals surface area contributed by atoms with Gasteiger partial charge < -0.3 is 9.47 Å². The van der Waals surface area contributed by atoms with Gasteiger partial charge in [-0.25, -0.2) is 21.6 Å². The molecule has 0 bridgehead atoms. The molecule has 0 spiro atoms. The van der Waals surface area contributed by atoms with Crippen molar-refractivity contribution in [3.63, 3.8) is 0 Å². The van der Waals surface area contributed by atoms with E-state index in [4.69, 9.17) is 9.47 Å². The Morgan fingerprint density at radius 2 is 1.66 bits per heavy atom. The molecule has 0 saturated carbocycles. The molecular weight excluding hydrogens is 456 g/mol. The zero-order valence-electron chi connectivity index (χ0n) is 17.9. The van der Waals surface area contributed by atoms with Gasteiger partial charge in [0.2, 0.25) is 10.0 Å². The minimum Gasteiger partial charge on any atom is -0.495 e. The molecule has 9 nitrogen and oxygen atoms in total. The summed E-state index contributed by atoms with van der Waals surface area (Å²) in [5.74, 6) is -0.413. The largest absolute Gasteiger partial charge is 0.495 e. The third-order valence-electron chi connectivity index (χ3n) is 5.02. The van der Waals surface area contributed by atoms with Crippen molar-refractivity contribution in [2.24, 2.45) is 0 Å². The number of sulfonamides is 2. The van der Waals surface area contributed by atoms with Crippen molar-refractivity contribution in [1.29, 1.82) is 0 Å². The summed E-state index contributed by atoms with van der Waals surface area (Å²) < 4.78 is 65.8. The van der Waals surface area contributed by atoms with E-state index in [0.717, 1.165) is 19.3 Å². The van der Waals surface area contributed by atoms with E-state index in [9.17, 15) is 21.6 Å². The highest BCUT2D eigenvalue weighted by Crippen LogP contribution is 2.32. The predicted octanol–water partition coefficient (Wildman–Crippen LogP) is 2.85. The molecule has 0 aliphatic carbocycles. The molecule has 0 atom stereocenters. The molecule has 1 aliphatic rings. The van der Waals surface area contributed by atoms with Gasteiger partial charge in [0.25, 0.3) is 10.0 Å². The molecule has 0 aromatic heterocycles. The van der Waals surface area contributed by atoms with Crippen molar-refractivity contribution in [3.8, 4) is 5.75 Å². The fraction of sp³-hybridized carbons (Fsp3) is 0.381. The van der Waals surface area contributed by atoms with Crippen LogP contribution >= 0.6 is 0 Å². The van der Waals surface area contributed by atoms with Crippen LogP contribution in [0, 0.1) is 0 Å². The zero-order chi connectivity index (χ0) is 23.4. The SMILES string of the molecule is CCOC(=O)c1ccc(S(=O)(=O)Nc2ccc(OC)c(S(=O)(=O)N3CCCCC3)c2)cc1. The molecule has 0 unspecified atom stereocenters. The molecule has 0 amide bonds. The van der Waals surface area contributed by atoms with Gasteiger partial charge in [0, 0.05) is 13.1 Å². The summed E-state index contributed by atoms with van der Waals surface area (Å²) >= 11 is 0. The van der Waals surface area contributed by atoms with Crippen LogP contribution in [0.25, 0.3) is 0 Å². The lowest BCUT2D eigenvalue weighted by Crippen LogP contribution is -2.35. The van der Waals surface area contributed by atoms with E-state index < -0.39 is 26.0 Å². The van der Waals surface area contributed by atoms with Crippen molar-refractivity contribution < 1.29 is 31.1 Å². The minimum absolute atomic E-state index is 0.0795. The van der Waals surface area contributed by atoms with Crippen molar-refractivity contribution in [3.05, 3.63) is 48.0 Å². The second kappa shape index (κ2) is 9.88. The summed E-state index contributed by atoms with van der Waals surface area (Å²) in [7, 11) is -6.51. The Labute approximate surface area is 188 Å². The number of benzene rings is 2. The monoisotopic (exact) mass is 482 g/mol. The second-order valence-electron chi connectivity index (χ2n) is 7.18. The van der Waals surface area contributed by atoms with Crippen LogP contribution in [-0.4, -0.2) is 53.9 Å². The fourth-order valence-corrected chi connectivity index (χ4v) is 6.13. The Morgan fingerprint density at radius 1 is 1.00 bits per heavy atom. The van der Waals surface area contributed by atoms with Gasteiger partial charge in [-0.1, -0.05) is 6.42 Å². The fourth-order valence-electron chi connectivity index (χ4n) is 3.38. The van der Waals surface area contributed by atoms with Crippen molar-refractivity contribution in [1.82, 2.24) is 4.31 Å². The van der Waals surface area contributed by atoms with Crippen molar-refractivity contribution in [2.75, 3.05) is 31.5 Å². The Morgan fingerprint density at radius 3 is 2.25 bits per heavy atom. The molecule has 11 heteroatoms. The van der Waals surface area contributed by atoms with Crippen LogP contribution in [0.5, 0.6) is 5.75 Å². The first-order chi connectivity index (χ1) is 15.2. The van der Waals surface area contributed by atoms with Gasteiger partial charge in [-0.2, -0.15) is 4.31 Å². The average Bonchev–Trinajstić information content (AvgIpc) is 2.79. The lowest BCUT2D eigenvalue weighted by molar-refractivity contribution is 0.0526. The number of ether oxygens (including phenoxy) is 2. The summed E-state index contributed by atoms with van der Waals surface area (Å²) in [5, 5.41) is 0. The standard InChI is InChI=1S/C21H26N2O7S2/c1-3-30-21(24)16-7-10-18(11-8-16)31(25,26)22-17-9-12-19(29-2)20(15-17)32(27,28)23-13-5-4-6-14-23/h7-12,15,22H,3-6,13-14H2,1-2H3. The minimum atomic E-state index is -4.03. The Balaban J connectivity index is 1.88. The first kappa shape index (κ1) is 24.0. The van der Waals surface area contributed by atoms with Gasteiger partial charge in [0.05, 0.1) is 29.9 Å². The van der Waals surface area contributed by atoms with Gasteiger partial charge in [0.15, 0.2) is 0 Å². The molecule has 1 fully saturated rings. The van der Waals surface area contributed by atoms with Gasteiger partial charge in [-0.3, -0.25) is 4.72 Å². The number of hydrogen-bond acceptors (Lipinski definition) is 7. The number of nitrogens with zero attached hydrogens (tertiary/aromatic N) is 1. The van der Waals surface area contributed by atoms with Gasteiger partial charge >= 0.3 is 5.97 Å². The highest BCUT2D eigenvalue weighted by atomic mass is 32.2. The number of carbonyl (C=O) groups is 1. The molecular formula is C21H26N2O7S2. The number of carbonyl (C=O) groups excluding carboxylic acids is 1. The summed E-state index contributed by atoms with van der Waals surface area (Å²) in [6, 6.07) is 9.37. The molecule has 1 aliphatic heterocycles. The number of piperidine rings is 1. The molecule has 174 valence electrons. The Bertz CT molecular complexity index is 1170. The number of rotatable bonds is 8. The van der Waals surface area contributed by atoms with E-state index in [2.05, 4.69) is 4.72 Å². The third kappa shape index (κ3) is 5.22. The number of methoxy groups -OCH3 is 1. The summed E-state index contributed by atoms with van der Waals surface area (Å²) in [6.45, 7) is 2.71. The number of nitrogens with one attached hydrogen (secondary N) is 1. The van der Waals surface area contributed by atoms with Crippen LogP contribution in [0.3, 0.4) is 0 Å². The molecule has 3 rings (SSSR count). The van der Waals surface area contributed by atoms with Gasteiger partial charge in [0.1, 0.15) is 10.6 Å². The van der Waals surface area contributed by atoms with Crippen LogP contribution in [0.4, 0.5) is 5.69 Å². The van der Waals surface area contributed by atoms with Crippen LogP contribution in [0.1, 0.15) is 36.5 Å². The highest BCUT2D eigenvalue weighted by Gasteiger charge is 2.29. The Hall–Kier alpha value is -2.63. The topological polar surface area (TPSA) is 119 Å². The first-order valence-corrected chi connectivity index (χ1v) is 13.1. The van der Waals surface area contributed by atoms with Crippen LogP contribution < -0.4 is 9.46 Å². The zero-order valence-corrected chi connectivity index (χ0v) is 19.5. The first-order valence-electron chi connectivity index (χ1n) is 10.2. The molecule has 1 heterocycles. The third-order valence-corrected chi connectivity index (χ3v) is 8.34. The lowest BCUT2D eigenvalue weighted by Gasteiger charge is -2.26. The maximum absolute atomic E-state index is 13.1. The maximum Gasteiger partial charge on any atom is 0.338 e.